The molecule has 1 aromatic carbocycles. The molecule has 0 aliphatic heterocycles. The minimum atomic E-state index is 0.346. The molecule has 0 amide bonds. The molecule has 1 aromatic rings. The minimum absolute atomic E-state index is 0.346. The lowest BCUT2D eigenvalue weighted by Crippen LogP contribution is -3.10. The Morgan fingerprint density at radius 1 is 1.47 bits per heavy atom. The quantitative estimate of drug-likeness (QED) is 0.699. The third-order valence-electron chi connectivity index (χ3n) is 2.42. The first-order valence-electron chi connectivity index (χ1n) is 5.37. The first kappa shape index (κ1) is 11.8. The molecule has 0 fully saturated rings. The van der Waals surface area contributed by atoms with E-state index in [0.717, 1.165) is 19.6 Å². The maximum absolute atomic E-state index is 9.35. The number of likely N-dealkylation sites (N-methyl/N-ethyl adjacent to an activating group) is 1. The lowest BCUT2D eigenvalue weighted by atomic mass is 10.2. The first-order valence-corrected chi connectivity index (χ1v) is 5.37. The summed E-state index contributed by atoms with van der Waals surface area (Å²) in [5.41, 5.74) is 2.38. The van der Waals surface area contributed by atoms with Gasteiger partial charge in [0, 0.05) is 5.56 Å². The van der Waals surface area contributed by atoms with Crippen LogP contribution >= 0.6 is 0 Å². The SMILES string of the molecule is C=C(C)C[NH+](CC)Cc1cccc(O)c1. The van der Waals surface area contributed by atoms with Gasteiger partial charge in [0.1, 0.15) is 12.3 Å². The van der Waals surface area contributed by atoms with Gasteiger partial charge in [0.2, 0.25) is 0 Å². The number of quaternary nitrogens is 1. The first-order chi connectivity index (χ1) is 7.11. The molecule has 2 N–H and O–H groups in total. The van der Waals surface area contributed by atoms with E-state index in [-0.39, 0.29) is 0 Å². The second-order valence-electron chi connectivity index (χ2n) is 4.08. The van der Waals surface area contributed by atoms with Gasteiger partial charge in [0.15, 0.2) is 0 Å². The standard InChI is InChI=1S/C13H19NO/c1-4-14(9-11(2)3)10-12-6-5-7-13(15)8-12/h5-8,15H,2,4,9-10H2,1,3H3/p+1. The third-order valence-corrected chi connectivity index (χ3v) is 2.42. The zero-order valence-electron chi connectivity index (χ0n) is 9.59. The number of phenols is 1. The molecule has 0 aliphatic rings. The van der Waals surface area contributed by atoms with Crippen LogP contribution in [-0.2, 0) is 6.54 Å². The Kier molecular flexibility index (Phi) is 4.37. The Balaban J connectivity index is 2.62. The van der Waals surface area contributed by atoms with E-state index in [4.69, 9.17) is 0 Å². The number of rotatable bonds is 5. The summed E-state index contributed by atoms with van der Waals surface area (Å²) in [6, 6.07) is 7.47. The zero-order valence-corrected chi connectivity index (χ0v) is 9.59. The van der Waals surface area contributed by atoms with Crippen molar-refractivity contribution in [1.82, 2.24) is 0 Å². The Labute approximate surface area is 91.9 Å². The Hall–Kier alpha value is -1.28. The van der Waals surface area contributed by atoms with E-state index in [2.05, 4.69) is 20.4 Å². The van der Waals surface area contributed by atoms with Gasteiger partial charge in [0.25, 0.3) is 0 Å². The molecule has 2 nitrogen and oxygen atoms in total. The summed E-state index contributed by atoms with van der Waals surface area (Å²) >= 11 is 0. The van der Waals surface area contributed by atoms with Gasteiger partial charge in [-0.3, -0.25) is 0 Å². The maximum Gasteiger partial charge on any atom is 0.116 e. The van der Waals surface area contributed by atoms with Crippen molar-refractivity contribution in [2.45, 2.75) is 20.4 Å². The van der Waals surface area contributed by atoms with Crippen LogP contribution in [0.1, 0.15) is 19.4 Å². The van der Waals surface area contributed by atoms with E-state index in [1.807, 2.05) is 18.2 Å². The number of hydrogen-bond acceptors (Lipinski definition) is 1. The van der Waals surface area contributed by atoms with Crippen LogP contribution in [0, 0.1) is 0 Å². The van der Waals surface area contributed by atoms with Crippen molar-refractivity contribution >= 4 is 0 Å². The van der Waals surface area contributed by atoms with Crippen molar-refractivity contribution in [3.63, 3.8) is 0 Å². The summed E-state index contributed by atoms with van der Waals surface area (Å²) in [7, 11) is 0. The number of hydrogen-bond donors (Lipinski definition) is 2. The van der Waals surface area contributed by atoms with Crippen LogP contribution in [0.2, 0.25) is 0 Å². The van der Waals surface area contributed by atoms with Crippen molar-refractivity contribution in [1.29, 1.82) is 0 Å². The highest BCUT2D eigenvalue weighted by molar-refractivity contribution is 5.26. The van der Waals surface area contributed by atoms with Gasteiger partial charge in [-0.15, -0.1) is 0 Å². The van der Waals surface area contributed by atoms with Gasteiger partial charge in [-0.25, -0.2) is 0 Å². The monoisotopic (exact) mass is 206 g/mol. The average molecular weight is 206 g/mol. The van der Waals surface area contributed by atoms with Crippen molar-refractivity contribution in [3.8, 4) is 5.75 Å². The third kappa shape index (κ3) is 4.17. The smallest absolute Gasteiger partial charge is 0.116 e. The predicted octanol–water partition coefficient (Wildman–Crippen LogP) is 1.37. The summed E-state index contributed by atoms with van der Waals surface area (Å²) in [5, 5.41) is 9.35. The van der Waals surface area contributed by atoms with E-state index in [1.165, 1.54) is 16.0 Å². The molecule has 1 unspecified atom stereocenters. The fourth-order valence-corrected chi connectivity index (χ4v) is 1.69. The second-order valence-corrected chi connectivity index (χ2v) is 4.08. The molecule has 15 heavy (non-hydrogen) atoms. The van der Waals surface area contributed by atoms with Crippen LogP contribution in [0.15, 0.2) is 36.4 Å². The van der Waals surface area contributed by atoms with Crippen LogP contribution < -0.4 is 4.90 Å². The Bertz CT molecular complexity index is 333. The normalized spacial score (nSPS) is 12.4. The van der Waals surface area contributed by atoms with Crippen LogP contribution in [0.5, 0.6) is 5.75 Å². The molecule has 1 rings (SSSR count). The van der Waals surface area contributed by atoms with Gasteiger partial charge in [-0.1, -0.05) is 18.7 Å². The lowest BCUT2D eigenvalue weighted by molar-refractivity contribution is -0.907. The number of phenolic OH excluding ortho intramolecular Hbond substituents is 1. The molecular weight excluding hydrogens is 186 g/mol. The highest BCUT2D eigenvalue weighted by Gasteiger charge is 2.07. The Morgan fingerprint density at radius 3 is 2.73 bits per heavy atom. The van der Waals surface area contributed by atoms with E-state index in [1.54, 1.807) is 6.07 Å². The molecule has 0 heterocycles. The summed E-state index contributed by atoms with van der Waals surface area (Å²) in [6.07, 6.45) is 0. The molecular formula is C13H20NO+. The predicted molar refractivity (Wildman–Crippen MR) is 63.0 cm³/mol. The van der Waals surface area contributed by atoms with Gasteiger partial charge in [-0.05, 0) is 31.6 Å². The number of aromatic hydroxyl groups is 1. The van der Waals surface area contributed by atoms with Gasteiger partial charge in [-0.2, -0.15) is 0 Å². The summed E-state index contributed by atoms with van der Waals surface area (Å²) in [4.78, 5) is 1.47. The molecule has 82 valence electrons. The molecule has 0 aliphatic carbocycles. The molecule has 1 atom stereocenters. The summed E-state index contributed by atoms with van der Waals surface area (Å²) < 4.78 is 0. The summed E-state index contributed by atoms with van der Waals surface area (Å²) in [5.74, 6) is 0.346. The minimum Gasteiger partial charge on any atom is -0.508 e. The lowest BCUT2D eigenvalue weighted by Gasteiger charge is -2.17. The molecule has 2 heteroatoms. The molecule has 0 spiro atoms. The maximum atomic E-state index is 9.35. The van der Waals surface area contributed by atoms with E-state index < -0.39 is 0 Å². The van der Waals surface area contributed by atoms with Crippen molar-refractivity contribution < 1.29 is 10.0 Å². The van der Waals surface area contributed by atoms with Gasteiger partial charge < -0.3 is 10.0 Å². The van der Waals surface area contributed by atoms with Gasteiger partial charge >= 0.3 is 0 Å². The van der Waals surface area contributed by atoms with E-state index >= 15 is 0 Å². The molecule has 0 aromatic heterocycles. The largest absolute Gasteiger partial charge is 0.508 e. The number of nitrogens with one attached hydrogen (secondary N) is 1. The van der Waals surface area contributed by atoms with Crippen LogP contribution in [0.25, 0.3) is 0 Å². The topological polar surface area (TPSA) is 24.7 Å². The second kappa shape index (κ2) is 5.56. The van der Waals surface area contributed by atoms with Crippen molar-refractivity contribution in [3.05, 3.63) is 42.0 Å². The number of benzene rings is 1. The molecule has 0 bridgehead atoms. The molecule has 0 saturated carbocycles. The summed E-state index contributed by atoms with van der Waals surface area (Å²) in [6.45, 7) is 11.2. The Morgan fingerprint density at radius 2 is 2.20 bits per heavy atom. The van der Waals surface area contributed by atoms with Gasteiger partial charge in [0.05, 0.1) is 13.1 Å². The van der Waals surface area contributed by atoms with Crippen molar-refractivity contribution in [2.75, 3.05) is 13.1 Å². The van der Waals surface area contributed by atoms with Crippen LogP contribution in [0.3, 0.4) is 0 Å². The van der Waals surface area contributed by atoms with E-state index in [0.29, 0.717) is 5.75 Å². The average Bonchev–Trinajstić information content (AvgIpc) is 2.16. The zero-order chi connectivity index (χ0) is 11.3. The highest BCUT2D eigenvalue weighted by atomic mass is 16.3. The van der Waals surface area contributed by atoms with E-state index in [9.17, 15) is 5.11 Å². The fourth-order valence-electron chi connectivity index (χ4n) is 1.69. The molecule has 0 saturated heterocycles. The van der Waals surface area contributed by atoms with Crippen LogP contribution in [0.4, 0.5) is 0 Å². The molecule has 0 radical (unpaired) electrons. The highest BCUT2D eigenvalue weighted by Crippen LogP contribution is 2.09. The fraction of sp³-hybridized carbons (Fsp3) is 0.385. The van der Waals surface area contributed by atoms with Crippen LogP contribution in [-0.4, -0.2) is 18.2 Å². The van der Waals surface area contributed by atoms with Crippen molar-refractivity contribution in [2.24, 2.45) is 0 Å².